The molecule has 1 heterocycles. The lowest BCUT2D eigenvalue weighted by Crippen LogP contribution is -2.32. The van der Waals surface area contributed by atoms with Crippen LogP contribution < -0.4 is 10.1 Å². The minimum Gasteiger partial charge on any atom is -0.494 e. The van der Waals surface area contributed by atoms with E-state index < -0.39 is 0 Å². The fourth-order valence-electron chi connectivity index (χ4n) is 1.95. The first-order valence-corrected chi connectivity index (χ1v) is 6.46. The van der Waals surface area contributed by atoms with Gasteiger partial charge in [-0.2, -0.15) is 0 Å². The van der Waals surface area contributed by atoms with Gasteiger partial charge < -0.3 is 15.0 Å². The summed E-state index contributed by atoms with van der Waals surface area (Å²) in [6, 6.07) is 3.13. The summed E-state index contributed by atoms with van der Waals surface area (Å²) >= 11 is 12.0. The Labute approximate surface area is 116 Å². The number of likely N-dealkylation sites (tertiary alicyclic amines) is 1. The zero-order valence-electron chi connectivity index (χ0n) is 10.0. The average molecular weight is 289 g/mol. The molecular weight excluding hydrogens is 275 g/mol. The van der Waals surface area contributed by atoms with Crippen LogP contribution in [0.15, 0.2) is 12.1 Å². The van der Waals surface area contributed by atoms with Gasteiger partial charge in [-0.15, -0.1) is 0 Å². The molecule has 0 spiro atoms. The predicted molar refractivity (Wildman–Crippen MR) is 72.8 cm³/mol. The van der Waals surface area contributed by atoms with Crippen LogP contribution >= 0.6 is 23.2 Å². The average Bonchev–Trinajstić information content (AvgIpc) is 2.81. The van der Waals surface area contributed by atoms with Crippen molar-refractivity contribution < 1.29 is 9.53 Å². The molecule has 0 saturated carbocycles. The van der Waals surface area contributed by atoms with E-state index in [1.807, 2.05) is 0 Å². The molecule has 0 bridgehead atoms. The SMILES string of the molecule is COc1c(Cl)cc(NC(=O)N2CCCC2)cc1Cl. The Hall–Kier alpha value is -1.13. The number of halogens is 2. The predicted octanol–water partition coefficient (Wildman–Crippen LogP) is 3.63. The van der Waals surface area contributed by atoms with Gasteiger partial charge in [0.25, 0.3) is 0 Å². The van der Waals surface area contributed by atoms with Crippen LogP contribution in [0.3, 0.4) is 0 Å². The molecule has 1 aliphatic rings. The van der Waals surface area contributed by atoms with Gasteiger partial charge in [-0.3, -0.25) is 0 Å². The highest BCUT2D eigenvalue weighted by molar-refractivity contribution is 6.37. The Kier molecular flexibility index (Phi) is 4.19. The summed E-state index contributed by atoms with van der Waals surface area (Å²) in [6.45, 7) is 1.59. The van der Waals surface area contributed by atoms with Gasteiger partial charge >= 0.3 is 6.03 Å². The fraction of sp³-hybridized carbons (Fsp3) is 0.417. The number of nitrogens with zero attached hydrogens (tertiary/aromatic N) is 1. The monoisotopic (exact) mass is 288 g/mol. The van der Waals surface area contributed by atoms with Crippen LogP contribution in [-0.4, -0.2) is 31.1 Å². The van der Waals surface area contributed by atoms with E-state index in [0.717, 1.165) is 25.9 Å². The molecule has 18 heavy (non-hydrogen) atoms. The second kappa shape index (κ2) is 5.67. The van der Waals surface area contributed by atoms with Crippen molar-refractivity contribution in [1.29, 1.82) is 0 Å². The molecule has 1 saturated heterocycles. The molecule has 2 rings (SSSR count). The lowest BCUT2D eigenvalue weighted by atomic mass is 10.3. The lowest BCUT2D eigenvalue weighted by Gasteiger charge is -2.17. The van der Waals surface area contributed by atoms with Crippen LogP contribution in [0.4, 0.5) is 10.5 Å². The number of hydrogen-bond donors (Lipinski definition) is 1. The van der Waals surface area contributed by atoms with Crippen LogP contribution in [0, 0.1) is 0 Å². The van der Waals surface area contributed by atoms with Crippen molar-refractivity contribution in [2.45, 2.75) is 12.8 Å². The first kappa shape index (κ1) is 13.3. The molecule has 0 radical (unpaired) electrons. The molecule has 0 aliphatic carbocycles. The van der Waals surface area contributed by atoms with Gasteiger partial charge in [0.05, 0.1) is 17.2 Å². The minimum absolute atomic E-state index is 0.121. The van der Waals surface area contributed by atoms with E-state index in [1.54, 1.807) is 17.0 Å². The molecule has 1 aromatic carbocycles. The summed E-state index contributed by atoms with van der Waals surface area (Å²) in [5.74, 6) is 0.414. The van der Waals surface area contributed by atoms with E-state index in [1.165, 1.54) is 7.11 Å². The van der Waals surface area contributed by atoms with Crippen molar-refractivity contribution in [3.8, 4) is 5.75 Å². The molecule has 0 atom stereocenters. The largest absolute Gasteiger partial charge is 0.494 e. The van der Waals surface area contributed by atoms with Crippen LogP contribution in [0.2, 0.25) is 10.0 Å². The van der Waals surface area contributed by atoms with Crippen molar-refractivity contribution in [3.63, 3.8) is 0 Å². The van der Waals surface area contributed by atoms with Gasteiger partial charge in [0.1, 0.15) is 0 Å². The smallest absolute Gasteiger partial charge is 0.321 e. The third-order valence-electron chi connectivity index (χ3n) is 2.85. The number of nitrogens with one attached hydrogen (secondary N) is 1. The molecular formula is C12H14Cl2N2O2. The summed E-state index contributed by atoms with van der Waals surface area (Å²) in [5.41, 5.74) is 0.572. The summed E-state index contributed by atoms with van der Waals surface area (Å²) in [7, 11) is 1.50. The number of methoxy groups -OCH3 is 1. The maximum Gasteiger partial charge on any atom is 0.321 e. The summed E-state index contributed by atoms with van der Waals surface area (Å²) < 4.78 is 5.05. The third kappa shape index (κ3) is 2.82. The fourth-order valence-corrected chi connectivity index (χ4v) is 2.59. The number of urea groups is 1. The zero-order valence-corrected chi connectivity index (χ0v) is 11.5. The number of hydrogen-bond acceptors (Lipinski definition) is 2. The highest BCUT2D eigenvalue weighted by Gasteiger charge is 2.18. The number of ether oxygens (including phenoxy) is 1. The molecule has 6 heteroatoms. The summed E-state index contributed by atoms with van der Waals surface area (Å²) in [4.78, 5) is 13.7. The van der Waals surface area contributed by atoms with E-state index in [-0.39, 0.29) is 6.03 Å². The number of rotatable bonds is 2. The normalized spacial score (nSPS) is 14.7. The Balaban J connectivity index is 2.12. The van der Waals surface area contributed by atoms with Crippen LogP contribution in [0.5, 0.6) is 5.75 Å². The number of carbonyl (C=O) groups excluding carboxylic acids is 1. The second-order valence-corrected chi connectivity index (χ2v) is 4.91. The summed E-state index contributed by atoms with van der Waals surface area (Å²) in [6.07, 6.45) is 2.11. The molecule has 2 amide bonds. The van der Waals surface area contributed by atoms with Gasteiger partial charge in [-0.05, 0) is 25.0 Å². The van der Waals surface area contributed by atoms with Gasteiger partial charge in [0.2, 0.25) is 0 Å². The molecule has 0 aromatic heterocycles. The topological polar surface area (TPSA) is 41.6 Å². The van der Waals surface area contributed by atoms with Crippen molar-refractivity contribution in [1.82, 2.24) is 4.90 Å². The van der Waals surface area contributed by atoms with Crippen LogP contribution in [-0.2, 0) is 0 Å². The number of carbonyl (C=O) groups is 1. The molecule has 1 N–H and O–H groups in total. The second-order valence-electron chi connectivity index (χ2n) is 4.10. The van der Waals surface area contributed by atoms with Crippen molar-refractivity contribution in [3.05, 3.63) is 22.2 Å². The third-order valence-corrected chi connectivity index (χ3v) is 3.41. The lowest BCUT2D eigenvalue weighted by molar-refractivity contribution is 0.222. The van der Waals surface area contributed by atoms with Gasteiger partial charge in [0, 0.05) is 18.8 Å². The Morgan fingerprint density at radius 2 is 1.83 bits per heavy atom. The number of amides is 2. The van der Waals surface area contributed by atoms with Gasteiger partial charge in [-0.25, -0.2) is 4.79 Å². The quantitative estimate of drug-likeness (QED) is 0.903. The van der Waals surface area contributed by atoms with Crippen molar-refractivity contribution in [2.75, 3.05) is 25.5 Å². The molecule has 4 nitrogen and oxygen atoms in total. The van der Waals surface area contributed by atoms with Crippen molar-refractivity contribution in [2.24, 2.45) is 0 Å². The standard InChI is InChI=1S/C12H14Cl2N2O2/c1-18-11-9(13)6-8(7-10(11)14)15-12(17)16-4-2-3-5-16/h6-7H,2-5H2,1H3,(H,15,17). The van der Waals surface area contributed by atoms with Gasteiger partial charge in [-0.1, -0.05) is 23.2 Å². The Morgan fingerprint density at radius 3 is 2.33 bits per heavy atom. The summed E-state index contributed by atoms with van der Waals surface area (Å²) in [5, 5.41) is 3.53. The molecule has 1 aromatic rings. The van der Waals surface area contributed by atoms with E-state index in [2.05, 4.69) is 5.32 Å². The highest BCUT2D eigenvalue weighted by atomic mass is 35.5. The minimum atomic E-state index is -0.121. The molecule has 98 valence electrons. The van der Waals surface area contributed by atoms with E-state index >= 15 is 0 Å². The molecule has 1 fully saturated rings. The van der Waals surface area contributed by atoms with E-state index in [4.69, 9.17) is 27.9 Å². The zero-order chi connectivity index (χ0) is 13.1. The highest BCUT2D eigenvalue weighted by Crippen LogP contribution is 2.35. The van der Waals surface area contributed by atoms with Crippen LogP contribution in [0.25, 0.3) is 0 Å². The van der Waals surface area contributed by atoms with Gasteiger partial charge in [0.15, 0.2) is 5.75 Å². The Bertz CT molecular complexity index is 436. The van der Waals surface area contributed by atoms with E-state index in [0.29, 0.717) is 21.5 Å². The number of benzene rings is 1. The van der Waals surface area contributed by atoms with Crippen LogP contribution in [0.1, 0.15) is 12.8 Å². The molecule has 1 aliphatic heterocycles. The first-order chi connectivity index (χ1) is 8.61. The maximum atomic E-state index is 11.9. The Morgan fingerprint density at radius 1 is 1.28 bits per heavy atom. The maximum absolute atomic E-state index is 11.9. The first-order valence-electron chi connectivity index (χ1n) is 5.71. The molecule has 0 unspecified atom stereocenters. The van der Waals surface area contributed by atoms with Crippen molar-refractivity contribution >= 4 is 34.9 Å². The van der Waals surface area contributed by atoms with E-state index in [9.17, 15) is 4.79 Å². The number of anilines is 1.